The Morgan fingerprint density at radius 2 is 1.83 bits per heavy atom. The van der Waals surface area contributed by atoms with Crippen molar-refractivity contribution in [2.45, 2.75) is 19.0 Å². The van der Waals surface area contributed by atoms with E-state index in [-0.39, 0.29) is 11.9 Å². The fourth-order valence-corrected chi connectivity index (χ4v) is 3.52. The number of hydrogen-bond acceptors (Lipinski definition) is 7. The molecule has 0 saturated carbocycles. The van der Waals surface area contributed by atoms with Gasteiger partial charge in [0.2, 0.25) is 11.9 Å². The van der Waals surface area contributed by atoms with E-state index in [2.05, 4.69) is 30.6 Å². The first kappa shape index (κ1) is 19.8. The highest BCUT2D eigenvalue weighted by Gasteiger charge is 2.20. The van der Waals surface area contributed by atoms with Gasteiger partial charge in [0.05, 0.1) is 22.9 Å². The summed E-state index contributed by atoms with van der Waals surface area (Å²) >= 11 is 1.53. The second kappa shape index (κ2) is 9.82. The Bertz CT molecular complexity index is 1070. The number of amides is 1. The van der Waals surface area contributed by atoms with Crippen LogP contribution < -0.4 is 10.6 Å². The van der Waals surface area contributed by atoms with Crippen molar-refractivity contribution in [3.8, 4) is 11.3 Å². The highest BCUT2D eigenvalue weighted by Crippen LogP contribution is 2.16. The molecule has 30 heavy (non-hydrogen) atoms. The maximum absolute atomic E-state index is 13.0. The van der Waals surface area contributed by atoms with Crippen molar-refractivity contribution >= 4 is 23.2 Å². The van der Waals surface area contributed by atoms with Crippen LogP contribution in [0.3, 0.4) is 0 Å². The van der Waals surface area contributed by atoms with Gasteiger partial charge in [0.15, 0.2) is 0 Å². The third-order valence-electron chi connectivity index (χ3n) is 4.48. The molecule has 0 aliphatic heterocycles. The maximum Gasteiger partial charge on any atom is 0.244 e. The standard InChI is InChI=1S/C22H20N6OS/c29-21(28-22-24-11-8-19(27-22)17-6-9-23-10-7-17)20(12-16-4-2-1-3-5-16)25-13-18-14-30-15-26-18/h1-11,14-15,20,25H,12-13H2,(H,24,27,28,29)/t20-/m0/s1. The van der Waals surface area contributed by atoms with E-state index in [1.807, 2.05) is 47.8 Å². The van der Waals surface area contributed by atoms with Gasteiger partial charge in [-0.25, -0.2) is 15.0 Å². The zero-order valence-electron chi connectivity index (χ0n) is 16.1. The third-order valence-corrected chi connectivity index (χ3v) is 5.11. The van der Waals surface area contributed by atoms with E-state index in [9.17, 15) is 4.79 Å². The van der Waals surface area contributed by atoms with Crippen LogP contribution in [0.1, 0.15) is 11.3 Å². The molecule has 7 nitrogen and oxygen atoms in total. The third kappa shape index (κ3) is 5.31. The number of benzene rings is 1. The zero-order chi connectivity index (χ0) is 20.6. The Morgan fingerprint density at radius 3 is 2.60 bits per heavy atom. The lowest BCUT2D eigenvalue weighted by Crippen LogP contribution is -2.42. The van der Waals surface area contributed by atoms with Crippen LogP contribution >= 0.6 is 11.3 Å². The number of thiazole rings is 1. The fourth-order valence-electron chi connectivity index (χ4n) is 2.96. The second-order valence-corrected chi connectivity index (χ2v) is 7.31. The van der Waals surface area contributed by atoms with Crippen LogP contribution in [0, 0.1) is 0 Å². The quantitative estimate of drug-likeness (QED) is 0.458. The van der Waals surface area contributed by atoms with Gasteiger partial charge in [0.1, 0.15) is 0 Å². The van der Waals surface area contributed by atoms with Gasteiger partial charge in [-0.1, -0.05) is 30.3 Å². The lowest BCUT2D eigenvalue weighted by molar-refractivity contribution is -0.118. The van der Waals surface area contributed by atoms with Crippen molar-refractivity contribution in [1.29, 1.82) is 0 Å². The van der Waals surface area contributed by atoms with Gasteiger partial charge in [-0.3, -0.25) is 20.4 Å². The molecule has 1 aromatic carbocycles. The van der Waals surface area contributed by atoms with Gasteiger partial charge in [-0.2, -0.15) is 0 Å². The number of rotatable bonds is 8. The molecule has 0 spiro atoms. The van der Waals surface area contributed by atoms with Crippen molar-refractivity contribution < 1.29 is 4.79 Å². The lowest BCUT2D eigenvalue weighted by Gasteiger charge is -2.18. The van der Waals surface area contributed by atoms with Gasteiger partial charge in [-0.05, 0) is 30.2 Å². The molecule has 3 heterocycles. The Kier molecular flexibility index (Phi) is 6.48. The summed E-state index contributed by atoms with van der Waals surface area (Å²) in [7, 11) is 0. The summed E-state index contributed by atoms with van der Waals surface area (Å²) in [6.07, 6.45) is 5.58. The molecule has 4 aromatic rings. The normalized spacial score (nSPS) is 11.7. The number of hydrogen-bond donors (Lipinski definition) is 2. The molecule has 1 amide bonds. The first-order valence-corrected chi connectivity index (χ1v) is 10.4. The van der Waals surface area contributed by atoms with Crippen LogP contribution in [-0.2, 0) is 17.8 Å². The summed E-state index contributed by atoms with van der Waals surface area (Å²) < 4.78 is 0. The average Bonchev–Trinajstić information content (AvgIpc) is 3.32. The summed E-state index contributed by atoms with van der Waals surface area (Å²) in [4.78, 5) is 30.0. The summed E-state index contributed by atoms with van der Waals surface area (Å²) in [5, 5.41) is 8.11. The van der Waals surface area contributed by atoms with Crippen molar-refractivity contribution in [1.82, 2.24) is 25.3 Å². The van der Waals surface area contributed by atoms with Crippen LogP contribution in [0.4, 0.5) is 5.95 Å². The molecule has 0 saturated heterocycles. The molecule has 1 atom stereocenters. The number of aromatic nitrogens is 4. The molecule has 0 bridgehead atoms. The Labute approximate surface area is 178 Å². The number of nitrogens with one attached hydrogen (secondary N) is 2. The number of carbonyl (C=O) groups excluding carboxylic acids is 1. The van der Waals surface area contributed by atoms with Gasteiger partial charge < -0.3 is 0 Å². The lowest BCUT2D eigenvalue weighted by atomic mass is 10.1. The highest BCUT2D eigenvalue weighted by molar-refractivity contribution is 7.07. The minimum Gasteiger partial charge on any atom is -0.300 e. The molecule has 0 unspecified atom stereocenters. The summed E-state index contributed by atoms with van der Waals surface area (Å²) in [6, 6.07) is 15.0. The zero-order valence-corrected chi connectivity index (χ0v) is 16.9. The van der Waals surface area contributed by atoms with Crippen molar-refractivity contribution in [3.05, 3.63) is 89.3 Å². The van der Waals surface area contributed by atoms with E-state index in [1.54, 1.807) is 30.2 Å². The smallest absolute Gasteiger partial charge is 0.244 e. The largest absolute Gasteiger partial charge is 0.300 e. The van der Waals surface area contributed by atoms with E-state index in [1.165, 1.54) is 11.3 Å². The maximum atomic E-state index is 13.0. The Morgan fingerprint density at radius 1 is 1.00 bits per heavy atom. The number of nitrogens with zero attached hydrogens (tertiary/aromatic N) is 4. The van der Waals surface area contributed by atoms with E-state index >= 15 is 0 Å². The molecule has 4 rings (SSSR count). The van der Waals surface area contributed by atoms with Gasteiger partial charge in [-0.15, -0.1) is 11.3 Å². The van der Waals surface area contributed by atoms with Crippen molar-refractivity contribution in [2.75, 3.05) is 5.32 Å². The SMILES string of the molecule is O=C(Nc1nccc(-c2ccncc2)n1)[C@H](Cc1ccccc1)NCc1cscn1. The molecular formula is C22H20N6OS. The molecule has 0 aliphatic carbocycles. The Hall–Kier alpha value is -3.49. The topological polar surface area (TPSA) is 92.7 Å². The molecule has 0 aliphatic rings. The predicted octanol–water partition coefficient (Wildman–Crippen LogP) is 3.33. The van der Waals surface area contributed by atoms with Crippen LogP contribution in [-0.4, -0.2) is 31.9 Å². The summed E-state index contributed by atoms with van der Waals surface area (Å²) in [6.45, 7) is 0.506. The number of anilines is 1. The number of pyridine rings is 1. The minimum absolute atomic E-state index is 0.194. The van der Waals surface area contributed by atoms with Crippen LogP contribution in [0.2, 0.25) is 0 Å². The van der Waals surface area contributed by atoms with Crippen LogP contribution in [0.15, 0.2) is 78.0 Å². The van der Waals surface area contributed by atoms with E-state index in [0.717, 1.165) is 22.5 Å². The molecule has 3 aromatic heterocycles. The second-order valence-electron chi connectivity index (χ2n) is 6.59. The highest BCUT2D eigenvalue weighted by atomic mass is 32.1. The minimum atomic E-state index is -0.456. The summed E-state index contributed by atoms with van der Waals surface area (Å²) in [5.41, 5.74) is 5.38. The van der Waals surface area contributed by atoms with Crippen LogP contribution in [0.5, 0.6) is 0 Å². The van der Waals surface area contributed by atoms with Crippen LogP contribution in [0.25, 0.3) is 11.3 Å². The Balaban J connectivity index is 1.49. The van der Waals surface area contributed by atoms with Crippen molar-refractivity contribution in [2.24, 2.45) is 0 Å². The first-order valence-electron chi connectivity index (χ1n) is 9.46. The molecule has 150 valence electrons. The van der Waals surface area contributed by atoms with E-state index in [0.29, 0.717) is 13.0 Å². The molecule has 0 radical (unpaired) electrons. The molecule has 0 fully saturated rings. The van der Waals surface area contributed by atoms with E-state index < -0.39 is 6.04 Å². The van der Waals surface area contributed by atoms with Crippen molar-refractivity contribution in [3.63, 3.8) is 0 Å². The fraction of sp³-hybridized carbons (Fsp3) is 0.136. The first-order chi connectivity index (χ1) is 14.8. The molecule has 2 N–H and O–H groups in total. The summed E-state index contributed by atoms with van der Waals surface area (Å²) in [5.74, 6) is 0.0730. The monoisotopic (exact) mass is 416 g/mol. The molecular weight excluding hydrogens is 396 g/mol. The predicted molar refractivity (Wildman–Crippen MR) is 117 cm³/mol. The van der Waals surface area contributed by atoms with Gasteiger partial charge in [0, 0.05) is 36.1 Å². The molecule has 8 heteroatoms. The average molecular weight is 417 g/mol. The van der Waals surface area contributed by atoms with Gasteiger partial charge >= 0.3 is 0 Å². The number of carbonyl (C=O) groups is 1. The van der Waals surface area contributed by atoms with Gasteiger partial charge in [0.25, 0.3) is 0 Å². The van der Waals surface area contributed by atoms with E-state index in [4.69, 9.17) is 0 Å².